The minimum absolute atomic E-state index is 0.0481. The molecule has 0 bridgehead atoms. The zero-order valence-corrected chi connectivity index (χ0v) is 16.1. The van der Waals surface area contributed by atoms with Gasteiger partial charge >= 0.3 is 6.61 Å². The molecule has 0 saturated heterocycles. The minimum atomic E-state index is -2.93. The number of carbonyl (C=O) groups is 1. The van der Waals surface area contributed by atoms with E-state index in [9.17, 15) is 13.6 Å². The summed E-state index contributed by atoms with van der Waals surface area (Å²) in [5.41, 5.74) is 2.32. The molecule has 8 heteroatoms. The average molecular weight is 401 g/mol. The molecule has 3 rings (SSSR count). The van der Waals surface area contributed by atoms with E-state index in [1.807, 2.05) is 24.4 Å². The fourth-order valence-electron chi connectivity index (χ4n) is 2.90. The number of benzene rings is 2. The van der Waals surface area contributed by atoms with E-state index in [-0.39, 0.29) is 17.4 Å². The summed E-state index contributed by atoms with van der Waals surface area (Å²) in [7, 11) is 3.05. The number of methoxy groups -OCH3 is 1. The van der Waals surface area contributed by atoms with Crippen molar-refractivity contribution in [3.05, 3.63) is 77.6 Å². The molecule has 0 unspecified atom stereocenters. The molecular weight excluding hydrogens is 380 g/mol. The Kier molecular flexibility index (Phi) is 6.43. The van der Waals surface area contributed by atoms with Crippen molar-refractivity contribution in [2.24, 2.45) is 0 Å². The Hall–Kier alpha value is -3.42. The number of halogens is 2. The van der Waals surface area contributed by atoms with Crippen LogP contribution in [-0.2, 0) is 13.1 Å². The molecule has 152 valence electrons. The molecule has 0 radical (unpaired) electrons. The van der Waals surface area contributed by atoms with Crippen molar-refractivity contribution in [3.8, 4) is 11.5 Å². The minimum Gasteiger partial charge on any atom is -0.493 e. The van der Waals surface area contributed by atoms with Gasteiger partial charge in [-0.2, -0.15) is 13.9 Å². The van der Waals surface area contributed by atoms with Crippen LogP contribution >= 0.6 is 0 Å². The van der Waals surface area contributed by atoms with E-state index in [0.29, 0.717) is 18.7 Å². The summed E-state index contributed by atoms with van der Waals surface area (Å²) in [6, 6.07) is 13.8. The predicted molar refractivity (Wildman–Crippen MR) is 103 cm³/mol. The van der Waals surface area contributed by atoms with Gasteiger partial charge in [0.15, 0.2) is 11.5 Å². The molecule has 3 aromatic rings. The van der Waals surface area contributed by atoms with E-state index in [1.54, 1.807) is 47.1 Å². The van der Waals surface area contributed by atoms with E-state index in [4.69, 9.17) is 4.74 Å². The van der Waals surface area contributed by atoms with Gasteiger partial charge in [0, 0.05) is 31.5 Å². The number of hydrogen-bond donors (Lipinski definition) is 0. The first-order chi connectivity index (χ1) is 14.0. The fourth-order valence-corrected chi connectivity index (χ4v) is 2.90. The number of ether oxygens (including phenoxy) is 2. The molecule has 1 amide bonds. The smallest absolute Gasteiger partial charge is 0.387 e. The normalized spacial score (nSPS) is 10.8. The van der Waals surface area contributed by atoms with Gasteiger partial charge in [-0.25, -0.2) is 0 Å². The second kappa shape index (κ2) is 9.18. The van der Waals surface area contributed by atoms with Gasteiger partial charge < -0.3 is 14.4 Å². The number of amides is 1. The third-order valence-corrected chi connectivity index (χ3v) is 4.32. The number of rotatable bonds is 8. The van der Waals surface area contributed by atoms with Crippen LogP contribution in [0.15, 0.2) is 60.9 Å². The average Bonchev–Trinajstić information content (AvgIpc) is 3.21. The van der Waals surface area contributed by atoms with Gasteiger partial charge in [0.05, 0.1) is 13.7 Å². The van der Waals surface area contributed by atoms with Crippen molar-refractivity contribution in [3.63, 3.8) is 0 Å². The van der Waals surface area contributed by atoms with Crippen LogP contribution in [0.5, 0.6) is 11.5 Å². The molecule has 29 heavy (non-hydrogen) atoms. The number of carbonyl (C=O) groups excluding carboxylic acids is 1. The van der Waals surface area contributed by atoms with Crippen molar-refractivity contribution in [1.29, 1.82) is 0 Å². The Morgan fingerprint density at radius 2 is 1.86 bits per heavy atom. The lowest BCUT2D eigenvalue weighted by atomic mass is 10.1. The Morgan fingerprint density at radius 3 is 2.48 bits per heavy atom. The molecule has 0 spiro atoms. The topological polar surface area (TPSA) is 56.6 Å². The van der Waals surface area contributed by atoms with Crippen molar-refractivity contribution in [2.75, 3.05) is 14.2 Å². The van der Waals surface area contributed by atoms with Gasteiger partial charge in [0.1, 0.15) is 0 Å². The monoisotopic (exact) mass is 401 g/mol. The van der Waals surface area contributed by atoms with Crippen molar-refractivity contribution in [1.82, 2.24) is 14.7 Å². The van der Waals surface area contributed by atoms with Crippen molar-refractivity contribution < 1.29 is 23.0 Å². The fraction of sp³-hybridized carbons (Fsp3) is 0.238. The Bertz CT molecular complexity index is 944. The van der Waals surface area contributed by atoms with Crippen LogP contribution in [-0.4, -0.2) is 41.4 Å². The van der Waals surface area contributed by atoms with Gasteiger partial charge in [-0.05, 0) is 41.5 Å². The predicted octanol–water partition coefficient (Wildman–Crippen LogP) is 3.81. The van der Waals surface area contributed by atoms with E-state index in [0.717, 1.165) is 11.1 Å². The standard InChI is InChI=1S/C21H21F2N3O3/c1-25(13-16-6-9-18(29-21(22)23)19(12-16)28-2)20(27)17-7-4-15(5-8-17)14-26-11-3-10-24-26/h3-12,21H,13-14H2,1-2H3. The largest absolute Gasteiger partial charge is 0.493 e. The maximum Gasteiger partial charge on any atom is 0.387 e. The summed E-state index contributed by atoms with van der Waals surface area (Å²) in [5.74, 6) is -0.0119. The SMILES string of the molecule is COc1cc(CN(C)C(=O)c2ccc(Cn3cccn3)cc2)ccc1OC(F)F. The zero-order chi connectivity index (χ0) is 20.8. The first-order valence-electron chi connectivity index (χ1n) is 8.90. The molecule has 1 heterocycles. The van der Waals surface area contributed by atoms with Crippen LogP contribution in [0.25, 0.3) is 0 Å². The first kappa shape index (κ1) is 20.3. The molecule has 0 N–H and O–H groups in total. The van der Waals surface area contributed by atoms with Gasteiger partial charge in [0.25, 0.3) is 5.91 Å². The van der Waals surface area contributed by atoms with Crippen LogP contribution in [0, 0.1) is 0 Å². The van der Waals surface area contributed by atoms with Crippen LogP contribution in [0.2, 0.25) is 0 Å². The second-order valence-electron chi connectivity index (χ2n) is 6.43. The number of nitrogens with zero attached hydrogens (tertiary/aromatic N) is 3. The molecule has 0 fully saturated rings. The molecule has 2 aromatic carbocycles. The lowest BCUT2D eigenvalue weighted by molar-refractivity contribution is -0.0512. The van der Waals surface area contributed by atoms with Gasteiger partial charge in [-0.15, -0.1) is 0 Å². The maximum atomic E-state index is 12.7. The van der Waals surface area contributed by atoms with Crippen molar-refractivity contribution >= 4 is 5.91 Å². The van der Waals surface area contributed by atoms with E-state index < -0.39 is 6.61 Å². The van der Waals surface area contributed by atoms with E-state index in [1.165, 1.54) is 13.2 Å². The Balaban J connectivity index is 1.65. The summed E-state index contributed by atoms with van der Waals surface area (Å²) < 4.78 is 36.2. The molecular formula is C21H21F2N3O3. The van der Waals surface area contributed by atoms with Gasteiger partial charge in [0.2, 0.25) is 0 Å². The highest BCUT2D eigenvalue weighted by Gasteiger charge is 2.15. The highest BCUT2D eigenvalue weighted by Crippen LogP contribution is 2.30. The van der Waals surface area contributed by atoms with Crippen LogP contribution in [0.4, 0.5) is 8.78 Å². The zero-order valence-electron chi connectivity index (χ0n) is 16.1. The lowest BCUT2D eigenvalue weighted by Crippen LogP contribution is -2.26. The number of hydrogen-bond acceptors (Lipinski definition) is 4. The second-order valence-corrected chi connectivity index (χ2v) is 6.43. The highest BCUT2D eigenvalue weighted by atomic mass is 19.3. The number of aromatic nitrogens is 2. The molecule has 0 aliphatic rings. The molecule has 1 aromatic heterocycles. The lowest BCUT2D eigenvalue weighted by Gasteiger charge is -2.19. The van der Waals surface area contributed by atoms with Crippen LogP contribution < -0.4 is 9.47 Å². The van der Waals surface area contributed by atoms with E-state index in [2.05, 4.69) is 9.84 Å². The first-order valence-corrected chi connectivity index (χ1v) is 8.90. The summed E-state index contributed by atoms with van der Waals surface area (Å²) in [6.45, 7) is -2.01. The van der Waals surface area contributed by atoms with Crippen LogP contribution in [0.3, 0.4) is 0 Å². The van der Waals surface area contributed by atoms with Crippen LogP contribution in [0.1, 0.15) is 21.5 Å². The molecule has 6 nitrogen and oxygen atoms in total. The number of alkyl halides is 2. The molecule has 0 saturated carbocycles. The summed E-state index contributed by atoms with van der Waals surface area (Å²) in [5, 5.41) is 4.16. The summed E-state index contributed by atoms with van der Waals surface area (Å²) in [6.07, 6.45) is 3.59. The summed E-state index contributed by atoms with van der Waals surface area (Å²) >= 11 is 0. The molecule has 0 aliphatic carbocycles. The quantitative estimate of drug-likeness (QED) is 0.576. The summed E-state index contributed by atoms with van der Waals surface area (Å²) in [4.78, 5) is 14.2. The third kappa shape index (κ3) is 5.31. The van der Waals surface area contributed by atoms with Crippen molar-refractivity contribution in [2.45, 2.75) is 19.7 Å². The third-order valence-electron chi connectivity index (χ3n) is 4.32. The Morgan fingerprint density at radius 1 is 1.14 bits per heavy atom. The highest BCUT2D eigenvalue weighted by molar-refractivity contribution is 5.94. The van der Waals surface area contributed by atoms with E-state index >= 15 is 0 Å². The maximum absolute atomic E-state index is 12.7. The Labute approximate surface area is 167 Å². The molecule has 0 aliphatic heterocycles. The molecule has 0 atom stereocenters. The van der Waals surface area contributed by atoms with Gasteiger partial charge in [-0.3, -0.25) is 9.48 Å². The van der Waals surface area contributed by atoms with Gasteiger partial charge in [-0.1, -0.05) is 18.2 Å².